The van der Waals surface area contributed by atoms with Crippen molar-refractivity contribution < 1.29 is 22.7 Å². The van der Waals surface area contributed by atoms with Crippen molar-refractivity contribution >= 4 is 11.7 Å². The molecular weight excluding hydrogens is 280 g/mol. The van der Waals surface area contributed by atoms with Crippen molar-refractivity contribution in [1.82, 2.24) is 0 Å². The van der Waals surface area contributed by atoms with Gasteiger partial charge in [-0.2, -0.15) is 0 Å². The predicted molar refractivity (Wildman–Crippen MR) is 73.1 cm³/mol. The van der Waals surface area contributed by atoms with Crippen LogP contribution in [0.5, 0.6) is 0 Å². The van der Waals surface area contributed by atoms with E-state index >= 15 is 0 Å². The summed E-state index contributed by atoms with van der Waals surface area (Å²) in [5.41, 5.74) is 0.535. The van der Waals surface area contributed by atoms with E-state index in [0.717, 1.165) is 12.1 Å². The van der Waals surface area contributed by atoms with Gasteiger partial charge in [-0.1, -0.05) is 0 Å². The third kappa shape index (κ3) is 3.39. The first-order valence-corrected chi connectivity index (χ1v) is 6.42. The van der Waals surface area contributed by atoms with Gasteiger partial charge in [-0.15, -0.1) is 0 Å². The molecule has 0 N–H and O–H groups in total. The zero-order chi connectivity index (χ0) is 15.4. The number of hydrogen-bond donors (Lipinski definition) is 0. The largest absolute Gasteiger partial charge is 0.463 e. The van der Waals surface area contributed by atoms with Gasteiger partial charge in [0.2, 0.25) is 5.76 Å². The van der Waals surface area contributed by atoms with Gasteiger partial charge in [0.05, 0.1) is 13.7 Å². The Hall–Kier alpha value is -2.37. The first-order valence-electron chi connectivity index (χ1n) is 6.42. The molecule has 0 amide bonds. The third-order valence-corrected chi connectivity index (χ3v) is 3.04. The molecular formula is C15H15F2NO3. The molecule has 6 heteroatoms. The number of esters is 1. The van der Waals surface area contributed by atoms with Crippen molar-refractivity contribution in [3.05, 3.63) is 53.5 Å². The van der Waals surface area contributed by atoms with E-state index in [9.17, 15) is 13.6 Å². The van der Waals surface area contributed by atoms with Crippen molar-refractivity contribution in [2.75, 3.05) is 18.6 Å². The van der Waals surface area contributed by atoms with Crippen LogP contribution in [0.15, 0.2) is 34.7 Å². The fourth-order valence-electron chi connectivity index (χ4n) is 1.93. The molecule has 1 aromatic carbocycles. The smallest absolute Gasteiger partial charge is 0.373 e. The van der Waals surface area contributed by atoms with E-state index in [1.54, 1.807) is 11.0 Å². The standard InChI is InChI=1S/C15H15F2NO3/c1-3-18(10-4-6-12(16)13(17)8-10)9-11-5-7-14(21-11)15(19)20-2/h4-8H,3,9H2,1-2H3. The Balaban J connectivity index is 2.17. The summed E-state index contributed by atoms with van der Waals surface area (Å²) in [6.45, 7) is 2.78. The minimum atomic E-state index is -0.902. The van der Waals surface area contributed by atoms with E-state index < -0.39 is 17.6 Å². The van der Waals surface area contributed by atoms with E-state index in [1.165, 1.54) is 19.2 Å². The van der Waals surface area contributed by atoms with Crippen LogP contribution in [0.2, 0.25) is 0 Å². The molecule has 0 bridgehead atoms. The number of carbonyl (C=O) groups is 1. The lowest BCUT2D eigenvalue weighted by molar-refractivity contribution is 0.0563. The second-order valence-corrected chi connectivity index (χ2v) is 4.37. The normalized spacial score (nSPS) is 10.5. The maximum Gasteiger partial charge on any atom is 0.373 e. The van der Waals surface area contributed by atoms with Crippen LogP contribution in [0.3, 0.4) is 0 Å². The molecule has 1 heterocycles. The number of methoxy groups -OCH3 is 1. The van der Waals surface area contributed by atoms with Crippen LogP contribution in [-0.2, 0) is 11.3 Å². The van der Waals surface area contributed by atoms with Crippen molar-refractivity contribution in [3.8, 4) is 0 Å². The Morgan fingerprint density at radius 2 is 2.00 bits per heavy atom. The SMILES string of the molecule is CCN(Cc1ccc(C(=O)OC)o1)c1ccc(F)c(F)c1. The highest BCUT2D eigenvalue weighted by molar-refractivity contribution is 5.86. The highest BCUT2D eigenvalue weighted by Crippen LogP contribution is 2.21. The molecule has 0 saturated heterocycles. The third-order valence-electron chi connectivity index (χ3n) is 3.04. The second kappa shape index (κ2) is 6.39. The van der Waals surface area contributed by atoms with E-state index in [-0.39, 0.29) is 5.76 Å². The highest BCUT2D eigenvalue weighted by atomic mass is 19.2. The van der Waals surface area contributed by atoms with E-state index in [2.05, 4.69) is 4.74 Å². The number of ether oxygens (including phenoxy) is 1. The van der Waals surface area contributed by atoms with Gasteiger partial charge in [0, 0.05) is 18.3 Å². The summed E-state index contributed by atoms with van der Waals surface area (Å²) < 4.78 is 36.2. The summed E-state index contributed by atoms with van der Waals surface area (Å²) in [5.74, 6) is -1.71. The van der Waals surface area contributed by atoms with Crippen LogP contribution in [0, 0.1) is 11.6 Å². The molecule has 0 spiro atoms. The average molecular weight is 295 g/mol. The molecule has 0 unspecified atom stereocenters. The number of halogens is 2. The predicted octanol–water partition coefficient (Wildman–Crippen LogP) is 3.37. The molecule has 0 atom stereocenters. The number of benzene rings is 1. The molecule has 0 saturated carbocycles. The number of carbonyl (C=O) groups excluding carboxylic acids is 1. The fraction of sp³-hybridized carbons (Fsp3) is 0.267. The molecule has 2 aromatic rings. The van der Waals surface area contributed by atoms with Gasteiger partial charge in [0.25, 0.3) is 0 Å². The molecule has 4 nitrogen and oxygen atoms in total. The zero-order valence-corrected chi connectivity index (χ0v) is 11.7. The van der Waals surface area contributed by atoms with E-state index in [0.29, 0.717) is 24.5 Å². The summed E-state index contributed by atoms with van der Waals surface area (Å²) in [4.78, 5) is 13.1. The average Bonchev–Trinajstić information content (AvgIpc) is 2.95. The minimum Gasteiger partial charge on any atom is -0.463 e. The van der Waals surface area contributed by atoms with Gasteiger partial charge >= 0.3 is 5.97 Å². The summed E-state index contributed by atoms with van der Waals surface area (Å²) in [7, 11) is 1.27. The maximum absolute atomic E-state index is 13.3. The minimum absolute atomic E-state index is 0.105. The van der Waals surface area contributed by atoms with Crippen molar-refractivity contribution in [1.29, 1.82) is 0 Å². The van der Waals surface area contributed by atoms with Crippen molar-refractivity contribution in [3.63, 3.8) is 0 Å². The topological polar surface area (TPSA) is 42.7 Å². The molecule has 0 aliphatic heterocycles. The number of anilines is 1. The molecule has 0 aliphatic rings. The number of furan rings is 1. The Bertz CT molecular complexity index is 640. The first-order chi connectivity index (χ1) is 10.0. The lowest BCUT2D eigenvalue weighted by Crippen LogP contribution is -2.21. The second-order valence-electron chi connectivity index (χ2n) is 4.37. The fourth-order valence-corrected chi connectivity index (χ4v) is 1.93. The Morgan fingerprint density at radius 3 is 2.62 bits per heavy atom. The van der Waals surface area contributed by atoms with Gasteiger partial charge in [-0.05, 0) is 31.2 Å². The molecule has 0 aliphatic carbocycles. The molecule has 2 rings (SSSR count). The molecule has 0 radical (unpaired) electrons. The molecule has 1 aromatic heterocycles. The van der Waals surface area contributed by atoms with E-state index in [1.807, 2.05) is 6.92 Å². The monoisotopic (exact) mass is 295 g/mol. The lowest BCUT2D eigenvalue weighted by atomic mass is 10.2. The quantitative estimate of drug-likeness (QED) is 0.793. The van der Waals surface area contributed by atoms with Crippen LogP contribution in [0.4, 0.5) is 14.5 Å². The van der Waals surface area contributed by atoms with E-state index in [4.69, 9.17) is 4.42 Å². The van der Waals surface area contributed by atoms with Crippen molar-refractivity contribution in [2.45, 2.75) is 13.5 Å². The van der Waals surface area contributed by atoms with Crippen LogP contribution in [0.1, 0.15) is 23.2 Å². The van der Waals surface area contributed by atoms with Gasteiger partial charge in [0.15, 0.2) is 11.6 Å². The summed E-state index contributed by atoms with van der Waals surface area (Å²) in [5, 5.41) is 0. The first kappa shape index (κ1) is 15.0. The Labute approximate surface area is 120 Å². The van der Waals surface area contributed by atoms with Crippen LogP contribution in [-0.4, -0.2) is 19.6 Å². The van der Waals surface area contributed by atoms with Gasteiger partial charge < -0.3 is 14.1 Å². The van der Waals surface area contributed by atoms with Gasteiger partial charge in [0.1, 0.15) is 5.76 Å². The van der Waals surface area contributed by atoms with Crippen molar-refractivity contribution in [2.24, 2.45) is 0 Å². The number of nitrogens with zero attached hydrogens (tertiary/aromatic N) is 1. The van der Waals surface area contributed by atoms with Gasteiger partial charge in [-0.3, -0.25) is 0 Å². The molecule has 0 fully saturated rings. The Kier molecular flexibility index (Phi) is 4.57. The molecule has 112 valence electrons. The van der Waals surface area contributed by atoms with Gasteiger partial charge in [-0.25, -0.2) is 13.6 Å². The van der Waals surface area contributed by atoms with Crippen LogP contribution < -0.4 is 4.90 Å². The van der Waals surface area contributed by atoms with Crippen LogP contribution in [0.25, 0.3) is 0 Å². The van der Waals surface area contributed by atoms with Crippen LogP contribution >= 0.6 is 0 Å². The Morgan fingerprint density at radius 1 is 1.24 bits per heavy atom. The number of rotatable bonds is 5. The summed E-state index contributed by atoms with van der Waals surface area (Å²) in [6.07, 6.45) is 0. The lowest BCUT2D eigenvalue weighted by Gasteiger charge is -2.22. The maximum atomic E-state index is 13.3. The summed E-state index contributed by atoms with van der Waals surface area (Å²) >= 11 is 0. The summed E-state index contributed by atoms with van der Waals surface area (Å²) in [6, 6.07) is 6.86. The molecule has 21 heavy (non-hydrogen) atoms. The zero-order valence-electron chi connectivity index (χ0n) is 11.7. The highest BCUT2D eigenvalue weighted by Gasteiger charge is 2.14. The number of hydrogen-bond acceptors (Lipinski definition) is 4.